The van der Waals surface area contributed by atoms with Gasteiger partial charge >= 0.3 is 0 Å². The number of hydrogen-bond donors (Lipinski definition) is 1. The molecule has 1 saturated carbocycles. The SMILES string of the molecule is COc1ccc(CNC2CC2c2ccc(CC(=O)c3ccc(-c4ccccc4)cc3)cc2)cc1. The minimum absolute atomic E-state index is 0.151. The van der Waals surface area contributed by atoms with Crippen molar-refractivity contribution in [2.75, 3.05) is 7.11 Å². The van der Waals surface area contributed by atoms with Crippen LogP contribution in [0.15, 0.2) is 103 Å². The third-order valence-corrected chi connectivity index (χ3v) is 6.60. The summed E-state index contributed by atoms with van der Waals surface area (Å²) in [7, 11) is 1.69. The van der Waals surface area contributed by atoms with Crippen LogP contribution in [0.25, 0.3) is 11.1 Å². The molecule has 0 aliphatic heterocycles. The van der Waals surface area contributed by atoms with Crippen molar-refractivity contribution in [1.29, 1.82) is 0 Å². The number of nitrogens with one attached hydrogen (secondary N) is 1. The molecule has 34 heavy (non-hydrogen) atoms. The molecular weight excluding hydrogens is 418 g/mol. The maximum atomic E-state index is 12.8. The first kappa shape index (κ1) is 22.1. The zero-order chi connectivity index (χ0) is 23.3. The fourth-order valence-corrected chi connectivity index (χ4v) is 4.43. The summed E-state index contributed by atoms with van der Waals surface area (Å²) >= 11 is 0. The number of ketones is 1. The van der Waals surface area contributed by atoms with Crippen LogP contribution in [0.4, 0.5) is 0 Å². The second-order valence-corrected chi connectivity index (χ2v) is 8.96. The first-order valence-corrected chi connectivity index (χ1v) is 11.8. The molecule has 0 radical (unpaired) electrons. The highest BCUT2D eigenvalue weighted by Crippen LogP contribution is 2.41. The van der Waals surface area contributed by atoms with E-state index in [-0.39, 0.29) is 5.78 Å². The smallest absolute Gasteiger partial charge is 0.167 e. The zero-order valence-electron chi connectivity index (χ0n) is 19.4. The zero-order valence-corrected chi connectivity index (χ0v) is 19.4. The van der Waals surface area contributed by atoms with Gasteiger partial charge in [0, 0.05) is 30.5 Å². The number of hydrogen-bond acceptors (Lipinski definition) is 3. The molecule has 4 aromatic carbocycles. The van der Waals surface area contributed by atoms with Crippen LogP contribution in [-0.4, -0.2) is 18.9 Å². The van der Waals surface area contributed by atoms with Gasteiger partial charge in [0.25, 0.3) is 0 Å². The Morgan fingerprint density at radius 1 is 0.794 bits per heavy atom. The van der Waals surface area contributed by atoms with E-state index in [1.54, 1.807) is 7.11 Å². The van der Waals surface area contributed by atoms with Crippen LogP contribution in [-0.2, 0) is 13.0 Å². The molecule has 2 unspecified atom stereocenters. The van der Waals surface area contributed by atoms with Crippen LogP contribution < -0.4 is 10.1 Å². The molecular formula is C31H29NO2. The van der Waals surface area contributed by atoms with E-state index in [9.17, 15) is 4.79 Å². The first-order valence-electron chi connectivity index (χ1n) is 11.8. The summed E-state index contributed by atoms with van der Waals surface area (Å²) in [6.07, 6.45) is 1.58. The van der Waals surface area contributed by atoms with E-state index < -0.39 is 0 Å². The molecule has 4 aromatic rings. The highest BCUT2D eigenvalue weighted by molar-refractivity contribution is 5.97. The lowest BCUT2D eigenvalue weighted by atomic mass is 9.98. The lowest BCUT2D eigenvalue weighted by Gasteiger charge is -2.07. The van der Waals surface area contributed by atoms with Gasteiger partial charge in [0.05, 0.1) is 7.11 Å². The number of methoxy groups -OCH3 is 1. The third kappa shape index (κ3) is 5.27. The Kier molecular flexibility index (Phi) is 6.55. The number of Topliss-reactive ketones (excluding diaryl/α,β-unsaturated/α-hetero) is 1. The van der Waals surface area contributed by atoms with E-state index in [2.05, 4.69) is 53.8 Å². The van der Waals surface area contributed by atoms with Gasteiger partial charge in [0.2, 0.25) is 0 Å². The summed E-state index contributed by atoms with van der Waals surface area (Å²) in [5.74, 6) is 1.59. The molecule has 0 heterocycles. The topological polar surface area (TPSA) is 38.3 Å². The van der Waals surface area contributed by atoms with Gasteiger partial charge in [0.1, 0.15) is 5.75 Å². The lowest BCUT2D eigenvalue weighted by molar-refractivity contribution is 0.0993. The van der Waals surface area contributed by atoms with Crippen molar-refractivity contribution in [2.24, 2.45) is 0 Å². The molecule has 0 aromatic heterocycles. The molecule has 1 aliphatic rings. The maximum absolute atomic E-state index is 12.8. The number of carbonyl (C=O) groups excluding carboxylic acids is 1. The highest BCUT2D eigenvalue weighted by atomic mass is 16.5. The average Bonchev–Trinajstić information content (AvgIpc) is 3.68. The number of ether oxygens (including phenoxy) is 1. The summed E-state index contributed by atoms with van der Waals surface area (Å²) in [6.45, 7) is 0.862. The van der Waals surface area contributed by atoms with E-state index in [0.29, 0.717) is 18.4 Å². The summed E-state index contributed by atoms with van der Waals surface area (Å²) in [5.41, 5.74) is 6.71. The van der Waals surface area contributed by atoms with Crippen LogP contribution in [0.1, 0.15) is 39.4 Å². The molecule has 0 bridgehead atoms. The van der Waals surface area contributed by atoms with Crippen LogP contribution in [0.2, 0.25) is 0 Å². The van der Waals surface area contributed by atoms with Gasteiger partial charge in [-0.25, -0.2) is 0 Å². The average molecular weight is 448 g/mol. The number of rotatable bonds is 9. The number of carbonyl (C=O) groups is 1. The Balaban J connectivity index is 1.13. The normalized spacial score (nSPS) is 16.7. The van der Waals surface area contributed by atoms with E-state index in [1.165, 1.54) is 11.1 Å². The number of benzene rings is 4. The monoisotopic (exact) mass is 447 g/mol. The van der Waals surface area contributed by atoms with E-state index in [4.69, 9.17) is 4.74 Å². The minimum atomic E-state index is 0.151. The van der Waals surface area contributed by atoms with Gasteiger partial charge in [-0.2, -0.15) is 0 Å². The van der Waals surface area contributed by atoms with Crippen LogP contribution in [0.5, 0.6) is 5.75 Å². The molecule has 3 heteroatoms. The Morgan fingerprint density at radius 3 is 2.12 bits per heavy atom. The molecule has 1 N–H and O–H groups in total. The van der Waals surface area contributed by atoms with Crippen LogP contribution in [0.3, 0.4) is 0 Å². The molecule has 5 rings (SSSR count). The van der Waals surface area contributed by atoms with Crippen molar-refractivity contribution in [3.63, 3.8) is 0 Å². The Labute approximate surface area is 201 Å². The van der Waals surface area contributed by atoms with E-state index in [1.807, 2.05) is 54.6 Å². The molecule has 1 fully saturated rings. The van der Waals surface area contributed by atoms with Gasteiger partial charge in [-0.1, -0.05) is 91.0 Å². The first-order chi connectivity index (χ1) is 16.7. The standard InChI is InChI=1S/C31H29NO2/c1-34-28-17-9-23(10-18-28)21-32-30-20-29(30)26-11-7-22(8-12-26)19-31(33)27-15-13-25(14-16-27)24-5-3-2-4-6-24/h2-18,29-30,32H,19-21H2,1H3. The molecule has 1 aliphatic carbocycles. The minimum Gasteiger partial charge on any atom is -0.497 e. The maximum Gasteiger partial charge on any atom is 0.167 e. The lowest BCUT2D eigenvalue weighted by Crippen LogP contribution is -2.17. The summed E-state index contributed by atoms with van der Waals surface area (Å²) < 4.78 is 5.22. The summed E-state index contributed by atoms with van der Waals surface area (Å²) in [5, 5.41) is 3.65. The highest BCUT2D eigenvalue weighted by Gasteiger charge is 2.37. The van der Waals surface area contributed by atoms with Crippen molar-refractivity contribution in [1.82, 2.24) is 5.32 Å². The van der Waals surface area contributed by atoms with Gasteiger partial charge < -0.3 is 10.1 Å². The largest absolute Gasteiger partial charge is 0.497 e. The predicted octanol–water partition coefficient (Wildman–Crippen LogP) is 6.43. The Hall–Kier alpha value is -3.69. The van der Waals surface area contributed by atoms with Crippen molar-refractivity contribution in [3.8, 4) is 16.9 Å². The summed E-state index contributed by atoms with van der Waals surface area (Å²) in [6, 6.07) is 35.4. The Morgan fingerprint density at radius 2 is 1.44 bits per heavy atom. The van der Waals surface area contributed by atoms with Gasteiger partial charge in [-0.15, -0.1) is 0 Å². The fraction of sp³-hybridized carbons (Fsp3) is 0.194. The Bertz CT molecular complexity index is 1230. The van der Waals surface area contributed by atoms with Crippen molar-refractivity contribution in [3.05, 3.63) is 125 Å². The van der Waals surface area contributed by atoms with Gasteiger partial charge in [-0.3, -0.25) is 4.79 Å². The summed E-state index contributed by atoms with van der Waals surface area (Å²) in [4.78, 5) is 12.8. The molecule has 0 spiro atoms. The molecule has 3 nitrogen and oxygen atoms in total. The van der Waals surface area contributed by atoms with Crippen molar-refractivity contribution >= 4 is 5.78 Å². The van der Waals surface area contributed by atoms with Gasteiger partial charge in [-0.05, 0) is 46.4 Å². The molecule has 0 amide bonds. The third-order valence-electron chi connectivity index (χ3n) is 6.60. The molecule has 0 saturated heterocycles. The van der Waals surface area contributed by atoms with E-state index in [0.717, 1.165) is 41.0 Å². The van der Waals surface area contributed by atoms with Crippen LogP contribution >= 0.6 is 0 Å². The van der Waals surface area contributed by atoms with E-state index >= 15 is 0 Å². The van der Waals surface area contributed by atoms with Crippen molar-refractivity contribution in [2.45, 2.75) is 31.3 Å². The second kappa shape index (κ2) is 10.1. The van der Waals surface area contributed by atoms with Crippen LogP contribution in [0, 0.1) is 0 Å². The predicted molar refractivity (Wildman–Crippen MR) is 137 cm³/mol. The van der Waals surface area contributed by atoms with Gasteiger partial charge in [0.15, 0.2) is 5.78 Å². The second-order valence-electron chi connectivity index (χ2n) is 8.96. The molecule has 2 atom stereocenters. The quantitative estimate of drug-likeness (QED) is 0.300. The van der Waals surface area contributed by atoms with Crippen molar-refractivity contribution < 1.29 is 9.53 Å². The molecule has 170 valence electrons. The fourth-order valence-electron chi connectivity index (χ4n) is 4.43.